The van der Waals surface area contributed by atoms with Crippen molar-refractivity contribution in [3.8, 4) is 0 Å². The van der Waals surface area contributed by atoms with Crippen molar-refractivity contribution in [2.24, 2.45) is 0 Å². The van der Waals surface area contributed by atoms with Gasteiger partial charge in [-0.2, -0.15) is 0 Å². The minimum atomic E-state index is -1.81. The Labute approximate surface area is 368 Å². The van der Waals surface area contributed by atoms with Gasteiger partial charge in [0.15, 0.2) is 0 Å². The molecule has 0 saturated carbocycles. The molecule has 0 fully saturated rings. The monoisotopic (exact) mass is 1400 g/mol. The van der Waals surface area contributed by atoms with E-state index in [1.54, 1.807) is 30.3 Å². The average Bonchev–Trinajstić information content (AvgIpc) is 2.95. The molecule has 0 aliphatic rings. The van der Waals surface area contributed by atoms with Crippen molar-refractivity contribution in [3.63, 3.8) is 0 Å². The Balaban J connectivity index is 0.000000353. The number of halogens is 10. The summed E-state index contributed by atoms with van der Waals surface area (Å²) in [5.74, 6) is -3.00. The lowest BCUT2D eigenvalue weighted by Crippen LogP contribution is -2.32. The molecule has 11 nitrogen and oxygen atoms in total. The van der Waals surface area contributed by atoms with Crippen LogP contribution in [0.25, 0.3) is 0 Å². The maximum absolute atomic E-state index is 11.3. The van der Waals surface area contributed by atoms with Crippen LogP contribution >= 0.6 is 182 Å². The number of hydrogen-bond acceptors (Lipinski definition) is 9. The van der Waals surface area contributed by atoms with E-state index in [-0.39, 0.29) is 28.9 Å². The molecule has 0 saturated heterocycles. The number of carbonyl (C=O) groups excluding carboxylic acids is 4. The van der Waals surface area contributed by atoms with Crippen LogP contribution in [0.15, 0.2) is 30.3 Å². The first-order valence-electron chi connectivity index (χ1n) is 11.5. The highest BCUT2D eigenvalue weighted by atomic mass is 127. The molecule has 0 aliphatic heterocycles. The number of benzene rings is 3. The van der Waals surface area contributed by atoms with Crippen molar-refractivity contribution in [1.29, 1.82) is 0 Å². The average molecular weight is 1400 g/mol. The van der Waals surface area contributed by atoms with E-state index >= 15 is 0 Å². The van der Waals surface area contributed by atoms with Crippen LogP contribution in [0, 0.1) is 21.4 Å². The predicted molar refractivity (Wildman–Crippen MR) is 229 cm³/mol. The van der Waals surface area contributed by atoms with Crippen LogP contribution in [0.4, 0.5) is 11.4 Å². The summed E-state index contributed by atoms with van der Waals surface area (Å²) in [6, 6.07) is 8.77. The Morgan fingerprint density at radius 2 is 0.851 bits per heavy atom. The second-order valence-corrected chi connectivity index (χ2v) is 16.0. The number of carbonyl (C=O) groups is 6. The third kappa shape index (κ3) is 12.5. The van der Waals surface area contributed by atoms with Gasteiger partial charge in [0.25, 0.3) is 27.1 Å². The number of hydrogen-bond donors (Lipinski definition) is 4. The molecule has 0 bridgehead atoms. The number of anilines is 2. The predicted octanol–water partition coefficient (Wildman–Crippen LogP) is 8.42. The third-order valence-electron chi connectivity index (χ3n) is 5.20. The second-order valence-electron chi connectivity index (χ2n) is 8.16. The number of nitrogens with two attached hydrogens (primary N) is 2. The molecule has 0 aliphatic carbocycles. The van der Waals surface area contributed by atoms with E-state index in [0.29, 0.717) is 32.8 Å². The zero-order valence-electron chi connectivity index (χ0n) is 22.4. The van der Waals surface area contributed by atoms with Gasteiger partial charge in [-0.25, -0.2) is 9.59 Å². The van der Waals surface area contributed by atoms with E-state index in [0.717, 1.165) is 5.56 Å². The smallest absolute Gasteiger partial charge is 0.344 e. The Bertz CT molecular complexity index is 1580. The van der Waals surface area contributed by atoms with Crippen molar-refractivity contribution in [2.45, 2.75) is 12.7 Å². The molecule has 47 heavy (non-hydrogen) atoms. The van der Waals surface area contributed by atoms with Crippen LogP contribution in [0.5, 0.6) is 0 Å². The highest BCUT2D eigenvalue weighted by molar-refractivity contribution is 14.1. The minimum absolute atomic E-state index is 0.0376. The maximum Gasteiger partial charge on any atom is 0.344 e. The van der Waals surface area contributed by atoms with Gasteiger partial charge < -0.3 is 26.4 Å². The van der Waals surface area contributed by atoms with Crippen LogP contribution in [-0.4, -0.2) is 49.2 Å². The molecule has 3 rings (SSSR count). The fourth-order valence-corrected chi connectivity index (χ4v) is 13.4. The van der Waals surface area contributed by atoms with Crippen molar-refractivity contribution in [2.75, 3.05) is 11.5 Å². The molecule has 0 amide bonds. The van der Waals surface area contributed by atoms with Gasteiger partial charge in [0.05, 0.1) is 54.5 Å². The fourth-order valence-electron chi connectivity index (χ4n) is 3.06. The zero-order chi connectivity index (χ0) is 36.5. The Morgan fingerprint density at radius 1 is 0.574 bits per heavy atom. The quantitative estimate of drug-likeness (QED) is 0.0693. The second kappa shape index (κ2) is 21.0. The standard InChI is InChI=1S/C10H10O5.2C8H2Cl2I3NO2/c11-9(12)8(10(13)14)15-6-7-4-2-1-3-5-7;2*9-7(15)1-3(11)2(8(10)16)5(13)6(14)4(1)12/h1-5,8H,6H2,(H,11,12)(H,13,14);2*14H2. The highest BCUT2D eigenvalue weighted by Gasteiger charge is 2.27. The molecule has 0 unspecified atom stereocenters. The van der Waals surface area contributed by atoms with Gasteiger partial charge in [-0.05, 0) is 188 Å². The molecule has 252 valence electrons. The first-order chi connectivity index (χ1) is 21.7. The number of carboxylic acids is 2. The van der Waals surface area contributed by atoms with E-state index in [9.17, 15) is 28.8 Å². The van der Waals surface area contributed by atoms with E-state index in [1.807, 2.05) is 136 Å². The van der Waals surface area contributed by atoms with E-state index in [4.69, 9.17) is 72.8 Å². The van der Waals surface area contributed by atoms with E-state index in [2.05, 4.69) is 0 Å². The largest absolute Gasteiger partial charge is 0.479 e. The maximum atomic E-state index is 11.3. The number of carboxylic acid groups (broad SMARTS) is 2. The number of aliphatic carboxylic acids is 2. The van der Waals surface area contributed by atoms with Crippen molar-refractivity contribution < 1.29 is 43.7 Å². The Hall–Kier alpha value is 0.380. The lowest BCUT2D eigenvalue weighted by molar-refractivity contribution is -0.166. The molecule has 0 spiro atoms. The Morgan fingerprint density at radius 3 is 1.09 bits per heavy atom. The topological polar surface area (TPSA) is 204 Å². The number of rotatable bonds is 9. The summed E-state index contributed by atoms with van der Waals surface area (Å²) in [4.78, 5) is 66.0. The molecule has 0 aromatic heterocycles. The summed E-state index contributed by atoms with van der Waals surface area (Å²) in [5.41, 5.74) is 13.9. The third-order valence-corrected chi connectivity index (χ3v) is 12.6. The van der Waals surface area contributed by atoms with Gasteiger partial charge in [-0.3, -0.25) is 19.2 Å². The fraction of sp³-hybridized carbons (Fsp3) is 0.0769. The first-order valence-corrected chi connectivity index (χ1v) is 19.5. The van der Waals surface area contributed by atoms with Gasteiger partial charge in [-0.1, -0.05) is 30.3 Å². The molecule has 6 N–H and O–H groups in total. The molecule has 0 heterocycles. The van der Waals surface area contributed by atoms with Crippen LogP contribution in [0.2, 0.25) is 0 Å². The van der Waals surface area contributed by atoms with E-state index < -0.39 is 39.0 Å². The molecular weight excluding hydrogens is 1390 g/mol. The van der Waals surface area contributed by atoms with Crippen LogP contribution in [0.3, 0.4) is 0 Å². The summed E-state index contributed by atoms with van der Waals surface area (Å²) in [6.07, 6.45) is -1.81. The van der Waals surface area contributed by atoms with Gasteiger partial charge in [0.1, 0.15) is 0 Å². The summed E-state index contributed by atoms with van der Waals surface area (Å²) in [5, 5.41) is 14.4. The lowest BCUT2D eigenvalue weighted by atomic mass is 10.1. The molecule has 0 atom stereocenters. The highest BCUT2D eigenvalue weighted by Crippen LogP contribution is 2.36. The van der Waals surface area contributed by atoms with Crippen LogP contribution < -0.4 is 11.5 Å². The summed E-state index contributed by atoms with van der Waals surface area (Å²) in [6.45, 7) is -0.0376. The molecule has 0 radical (unpaired) electrons. The first kappa shape index (κ1) is 45.4. The number of nitrogen functional groups attached to an aromatic ring is 2. The molecule has 3 aromatic rings. The van der Waals surface area contributed by atoms with Crippen LogP contribution in [0.1, 0.15) is 47.0 Å². The van der Waals surface area contributed by atoms with E-state index in [1.165, 1.54) is 0 Å². The van der Waals surface area contributed by atoms with Gasteiger partial charge >= 0.3 is 11.9 Å². The van der Waals surface area contributed by atoms with Crippen molar-refractivity contribution in [3.05, 3.63) is 79.6 Å². The minimum Gasteiger partial charge on any atom is -0.479 e. The Kier molecular flexibility index (Phi) is 20.3. The number of ether oxygens (including phenoxy) is 1. The molecule has 3 aromatic carbocycles. The summed E-state index contributed by atoms with van der Waals surface area (Å²) >= 11 is 33.2. The molecular formula is C26H14Cl4I6N2O9. The van der Waals surface area contributed by atoms with Gasteiger partial charge in [0, 0.05) is 7.14 Å². The summed E-state index contributed by atoms with van der Waals surface area (Å²) in [7, 11) is 0. The normalized spacial score (nSPS) is 10.3. The lowest BCUT2D eigenvalue weighted by Gasteiger charge is -2.12. The zero-order valence-corrected chi connectivity index (χ0v) is 38.3. The SMILES string of the molecule is Nc1c(I)c(C(=O)Cl)c(I)c(C(=O)Cl)c1I.Nc1c(I)c(C(=O)Cl)c(I)c(C(=O)Cl)c1I.O=C(O)C(OCc1ccccc1)C(=O)O. The van der Waals surface area contributed by atoms with Gasteiger partial charge in [-0.15, -0.1) is 0 Å². The van der Waals surface area contributed by atoms with Crippen LogP contribution in [-0.2, 0) is 20.9 Å². The van der Waals surface area contributed by atoms with Crippen molar-refractivity contribution >= 4 is 226 Å². The van der Waals surface area contributed by atoms with Crippen molar-refractivity contribution in [1.82, 2.24) is 0 Å². The van der Waals surface area contributed by atoms with Gasteiger partial charge in [0.2, 0.25) is 0 Å². The summed E-state index contributed by atoms with van der Waals surface area (Å²) < 4.78 is 7.76. The molecule has 21 heteroatoms.